The topological polar surface area (TPSA) is 101 Å². The lowest BCUT2D eigenvalue weighted by Crippen LogP contribution is -2.15. The Morgan fingerprint density at radius 3 is 2.81 bits per heavy atom. The minimum atomic E-state index is -0.860. The molecule has 26 heavy (non-hydrogen) atoms. The highest BCUT2D eigenvalue weighted by atomic mass is 35.5. The van der Waals surface area contributed by atoms with Crippen molar-refractivity contribution in [3.05, 3.63) is 60.3 Å². The van der Waals surface area contributed by atoms with Crippen LogP contribution in [0.5, 0.6) is 5.75 Å². The molecule has 0 spiro atoms. The average Bonchev–Trinajstić information content (AvgIpc) is 2.63. The van der Waals surface area contributed by atoms with Gasteiger partial charge in [0.2, 0.25) is 0 Å². The zero-order chi connectivity index (χ0) is 18.8. The number of non-ortho nitro benzene ring substituents is 1. The summed E-state index contributed by atoms with van der Waals surface area (Å²) in [6.45, 7) is -0.148. The monoisotopic (exact) mass is 418 g/mol. The maximum absolute atomic E-state index is 12.2. The van der Waals surface area contributed by atoms with Crippen molar-refractivity contribution in [2.75, 3.05) is 6.79 Å². The molecule has 0 fully saturated rings. The van der Waals surface area contributed by atoms with E-state index in [2.05, 4.69) is 4.98 Å². The van der Waals surface area contributed by atoms with E-state index in [0.29, 0.717) is 16.9 Å². The van der Waals surface area contributed by atoms with Crippen LogP contribution in [0.1, 0.15) is 21.6 Å². The van der Waals surface area contributed by atoms with Crippen molar-refractivity contribution in [2.24, 2.45) is 0 Å². The van der Waals surface area contributed by atoms with Crippen LogP contribution in [0.2, 0.25) is 15.1 Å². The van der Waals surface area contributed by atoms with Crippen molar-refractivity contribution in [3.8, 4) is 5.75 Å². The Labute approximate surface area is 161 Å². The number of rotatable bonds is 4. The molecule has 1 aromatic heterocycles. The van der Waals surface area contributed by atoms with Gasteiger partial charge in [-0.25, -0.2) is 9.78 Å². The summed E-state index contributed by atoms with van der Waals surface area (Å²) in [4.78, 5) is 26.5. The minimum Gasteiger partial charge on any atom is -0.467 e. The van der Waals surface area contributed by atoms with Gasteiger partial charge in [-0.3, -0.25) is 10.1 Å². The summed E-state index contributed by atoms with van der Waals surface area (Å²) in [5.74, 6) is -0.483. The van der Waals surface area contributed by atoms with Crippen molar-refractivity contribution in [3.63, 3.8) is 0 Å². The molecule has 0 saturated heterocycles. The molecule has 136 valence electrons. The van der Waals surface area contributed by atoms with Crippen molar-refractivity contribution >= 4 is 46.5 Å². The third-order valence-electron chi connectivity index (χ3n) is 3.45. The summed E-state index contributed by atoms with van der Waals surface area (Å²) in [7, 11) is 0. The maximum Gasteiger partial charge on any atom is 0.358 e. The maximum atomic E-state index is 12.2. The van der Waals surface area contributed by atoms with E-state index in [1.807, 2.05) is 0 Å². The van der Waals surface area contributed by atoms with Gasteiger partial charge in [-0.1, -0.05) is 34.8 Å². The van der Waals surface area contributed by atoms with Gasteiger partial charge < -0.3 is 14.2 Å². The van der Waals surface area contributed by atoms with Crippen LogP contribution in [0.25, 0.3) is 0 Å². The van der Waals surface area contributed by atoms with E-state index >= 15 is 0 Å². The molecule has 0 N–H and O–H groups in total. The number of hydrogen-bond acceptors (Lipinski definition) is 7. The molecule has 0 bridgehead atoms. The lowest BCUT2D eigenvalue weighted by atomic mass is 10.1. The number of nitrogens with zero attached hydrogens (tertiary/aromatic N) is 2. The molecule has 0 amide bonds. The number of fused-ring (bicyclic) bond motifs is 1. The number of pyridine rings is 1. The second kappa shape index (κ2) is 7.63. The summed E-state index contributed by atoms with van der Waals surface area (Å²) >= 11 is 17.6. The van der Waals surface area contributed by atoms with E-state index in [4.69, 9.17) is 49.0 Å². The lowest BCUT2D eigenvalue weighted by molar-refractivity contribution is -0.385. The number of esters is 1. The number of halogens is 3. The molecule has 1 aliphatic rings. The quantitative estimate of drug-likeness (QED) is 0.416. The fourth-order valence-corrected chi connectivity index (χ4v) is 2.85. The largest absolute Gasteiger partial charge is 0.467 e. The van der Waals surface area contributed by atoms with E-state index in [-0.39, 0.29) is 46.5 Å². The fourth-order valence-electron chi connectivity index (χ4n) is 2.29. The number of ether oxygens (including phenoxy) is 3. The summed E-state index contributed by atoms with van der Waals surface area (Å²) in [5.41, 5.74) is 0.420. The smallest absolute Gasteiger partial charge is 0.358 e. The summed E-state index contributed by atoms with van der Waals surface area (Å²) in [6, 6.07) is 2.61. The predicted octanol–water partition coefficient (Wildman–Crippen LogP) is 4.17. The van der Waals surface area contributed by atoms with Crippen LogP contribution in [-0.2, 0) is 22.7 Å². The zero-order valence-electron chi connectivity index (χ0n) is 12.8. The van der Waals surface area contributed by atoms with Crippen molar-refractivity contribution < 1.29 is 23.9 Å². The number of aromatic nitrogens is 1. The van der Waals surface area contributed by atoms with E-state index < -0.39 is 10.9 Å². The van der Waals surface area contributed by atoms with Crippen molar-refractivity contribution in [1.29, 1.82) is 0 Å². The van der Waals surface area contributed by atoms with Gasteiger partial charge in [0.15, 0.2) is 12.5 Å². The first kappa shape index (κ1) is 18.7. The van der Waals surface area contributed by atoms with Gasteiger partial charge in [0.05, 0.1) is 26.6 Å². The van der Waals surface area contributed by atoms with Crippen LogP contribution < -0.4 is 4.74 Å². The van der Waals surface area contributed by atoms with Gasteiger partial charge in [-0.15, -0.1) is 0 Å². The van der Waals surface area contributed by atoms with Gasteiger partial charge in [0.25, 0.3) is 5.69 Å². The standard InChI is InChI=1S/C15H9Cl3N2O6/c16-10-3-19-13(12(18)11(10)17)15(21)25-5-8-2-9(20(22)23)1-7-4-24-6-26-14(7)8/h1-3H,4-6H2. The Hall–Kier alpha value is -2.13. The normalized spacial score (nSPS) is 12.9. The molecule has 8 nitrogen and oxygen atoms in total. The van der Waals surface area contributed by atoms with Gasteiger partial charge in [0, 0.05) is 29.5 Å². The van der Waals surface area contributed by atoms with Crippen LogP contribution in [-0.4, -0.2) is 22.7 Å². The first-order chi connectivity index (χ1) is 12.4. The van der Waals surface area contributed by atoms with E-state index in [1.165, 1.54) is 18.3 Å². The summed E-state index contributed by atoms with van der Waals surface area (Å²) in [5, 5.41) is 11.0. The zero-order valence-corrected chi connectivity index (χ0v) is 15.1. The lowest BCUT2D eigenvalue weighted by Gasteiger charge is -2.20. The Balaban J connectivity index is 1.85. The second-order valence-electron chi connectivity index (χ2n) is 5.12. The molecule has 0 aliphatic carbocycles. The molecule has 0 radical (unpaired) electrons. The fraction of sp³-hybridized carbons (Fsp3) is 0.200. The van der Waals surface area contributed by atoms with Gasteiger partial charge in [-0.05, 0) is 0 Å². The summed E-state index contributed by atoms with van der Waals surface area (Å²) < 4.78 is 15.6. The Bertz CT molecular complexity index is 905. The summed E-state index contributed by atoms with van der Waals surface area (Å²) in [6.07, 6.45) is 1.17. The number of hydrogen-bond donors (Lipinski definition) is 0. The molecule has 11 heteroatoms. The van der Waals surface area contributed by atoms with E-state index in [1.54, 1.807) is 0 Å². The predicted molar refractivity (Wildman–Crippen MR) is 91.8 cm³/mol. The van der Waals surface area contributed by atoms with Crippen LogP contribution >= 0.6 is 34.8 Å². The molecule has 3 rings (SSSR count). The number of nitro groups is 1. The Morgan fingerprint density at radius 2 is 2.08 bits per heavy atom. The molecule has 1 aromatic carbocycles. The van der Waals surface area contributed by atoms with Crippen LogP contribution in [0.3, 0.4) is 0 Å². The third-order valence-corrected chi connectivity index (χ3v) is 4.69. The van der Waals surface area contributed by atoms with Gasteiger partial charge >= 0.3 is 5.97 Å². The first-order valence-electron chi connectivity index (χ1n) is 7.06. The van der Waals surface area contributed by atoms with Crippen molar-refractivity contribution in [2.45, 2.75) is 13.2 Å². The highest BCUT2D eigenvalue weighted by molar-refractivity contribution is 6.48. The highest BCUT2D eigenvalue weighted by Gasteiger charge is 2.23. The number of carbonyl (C=O) groups is 1. The second-order valence-corrected chi connectivity index (χ2v) is 6.28. The van der Waals surface area contributed by atoms with E-state index in [9.17, 15) is 14.9 Å². The molecular weight excluding hydrogens is 411 g/mol. The van der Waals surface area contributed by atoms with Gasteiger partial charge in [0.1, 0.15) is 12.4 Å². The minimum absolute atomic E-state index is 0.00800. The number of carbonyl (C=O) groups excluding carboxylic acids is 1. The Kier molecular flexibility index (Phi) is 5.47. The van der Waals surface area contributed by atoms with E-state index in [0.717, 1.165) is 0 Å². The van der Waals surface area contributed by atoms with Crippen molar-refractivity contribution in [1.82, 2.24) is 4.98 Å². The van der Waals surface area contributed by atoms with Crippen LogP contribution in [0, 0.1) is 10.1 Å². The average molecular weight is 420 g/mol. The first-order valence-corrected chi connectivity index (χ1v) is 8.19. The molecule has 2 heterocycles. The molecular formula is C15H9Cl3N2O6. The molecule has 0 atom stereocenters. The molecule has 1 aliphatic heterocycles. The highest BCUT2D eigenvalue weighted by Crippen LogP contribution is 2.34. The molecule has 2 aromatic rings. The third kappa shape index (κ3) is 3.68. The van der Waals surface area contributed by atoms with Crippen LogP contribution in [0.4, 0.5) is 5.69 Å². The molecule has 0 unspecified atom stereocenters. The number of benzene rings is 1. The SMILES string of the molecule is O=C(OCc1cc([N+](=O)[O-])cc2c1OCOC2)c1ncc(Cl)c(Cl)c1Cl. The number of nitro benzene ring substituents is 1. The Morgan fingerprint density at radius 1 is 1.31 bits per heavy atom. The molecule has 0 saturated carbocycles. The van der Waals surface area contributed by atoms with Crippen LogP contribution in [0.15, 0.2) is 18.3 Å². The van der Waals surface area contributed by atoms with Gasteiger partial charge in [-0.2, -0.15) is 0 Å².